The Balaban J connectivity index is 1.63. The van der Waals surface area contributed by atoms with Gasteiger partial charge in [-0.05, 0) is 23.5 Å². The van der Waals surface area contributed by atoms with Crippen molar-refractivity contribution in [2.45, 2.75) is 25.7 Å². The first-order valence-corrected chi connectivity index (χ1v) is 8.16. The third kappa shape index (κ3) is 6.24. The van der Waals surface area contributed by atoms with Gasteiger partial charge in [0, 0.05) is 6.54 Å². The summed E-state index contributed by atoms with van der Waals surface area (Å²) in [6, 6.07) is 19.7. The number of hydrogen-bond acceptors (Lipinski definition) is 3. The molecule has 2 aromatic rings. The molecule has 0 spiro atoms. The van der Waals surface area contributed by atoms with Gasteiger partial charge in [0.05, 0.1) is 6.42 Å². The van der Waals surface area contributed by atoms with Gasteiger partial charge in [-0.15, -0.1) is 0 Å². The molecule has 0 aliphatic heterocycles. The summed E-state index contributed by atoms with van der Waals surface area (Å²) in [7, 11) is 0. The molecule has 0 radical (unpaired) electrons. The lowest BCUT2D eigenvalue weighted by Gasteiger charge is -2.11. The molecule has 4 nitrogen and oxygen atoms in total. The van der Waals surface area contributed by atoms with Crippen LogP contribution in [-0.4, -0.2) is 25.0 Å². The van der Waals surface area contributed by atoms with E-state index in [-0.39, 0.29) is 30.8 Å². The zero-order valence-corrected chi connectivity index (χ0v) is 13.9. The van der Waals surface area contributed by atoms with Gasteiger partial charge in [0.2, 0.25) is 0 Å². The van der Waals surface area contributed by atoms with E-state index in [4.69, 9.17) is 4.74 Å². The fourth-order valence-electron chi connectivity index (χ4n) is 2.40. The second kappa shape index (κ2) is 9.50. The Morgan fingerprint density at radius 2 is 1.62 bits per heavy atom. The molecule has 1 N–H and O–H groups in total. The highest BCUT2D eigenvalue weighted by molar-refractivity contribution is 5.80. The number of rotatable bonds is 8. The van der Waals surface area contributed by atoms with Crippen LogP contribution in [0.4, 0.5) is 0 Å². The molecule has 1 amide bonds. The average Bonchev–Trinajstić information content (AvgIpc) is 2.61. The van der Waals surface area contributed by atoms with Crippen molar-refractivity contribution in [1.82, 2.24) is 5.32 Å². The molecule has 0 heterocycles. The van der Waals surface area contributed by atoms with Crippen LogP contribution in [-0.2, 0) is 20.7 Å². The summed E-state index contributed by atoms with van der Waals surface area (Å²) in [5, 5.41) is 2.76. The van der Waals surface area contributed by atoms with Crippen molar-refractivity contribution in [1.29, 1.82) is 0 Å². The standard InChI is InChI=1S/C20H23NO3/c1-16(18-10-6-3-7-11-18)14-20(23)24-15-19(22)21-13-12-17-8-4-2-5-9-17/h2-11,16H,12-15H2,1H3,(H,21,22)/t16-/m1/s1. The summed E-state index contributed by atoms with van der Waals surface area (Å²) in [5.74, 6) is -0.559. The molecule has 1 atom stereocenters. The molecule has 0 unspecified atom stereocenters. The molecular formula is C20H23NO3. The van der Waals surface area contributed by atoms with Crippen LogP contribution in [0.25, 0.3) is 0 Å². The zero-order valence-electron chi connectivity index (χ0n) is 13.9. The van der Waals surface area contributed by atoms with Crippen LogP contribution >= 0.6 is 0 Å². The molecule has 0 aromatic heterocycles. The molecular weight excluding hydrogens is 302 g/mol. The highest BCUT2D eigenvalue weighted by atomic mass is 16.5. The summed E-state index contributed by atoms with van der Waals surface area (Å²) < 4.78 is 5.05. The SMILES string of the molecule is C[C@H](CC(=O)OCC(=O)NCCc1ccccc1)c1ccccc1. The molecule has 126 valence electrons. The van der Waals surface area contributed by atoms with Crippen LogP contribution < -0.4 is 5.32 Å². The number of amides is 1. The van der Waals surface area contributed by atoms with E-state index < -0.39 is 0 Å². The van der Waals surface area contributed by atoms with Crippen LogP contribution in [0.5, 0.6) is 0 Å². The van der Waals surface area contributed by atoms with Crippen LogP contribution in [0.15, 0.2) is 60.7 Å². The summed E-state index contributed by atoms with van der Waals surface area (Å²) >= 11 is 0. The molecule has 4 heteroatoms. The van der Waals surface area contributed by atoms with Gasteiger partial charge >= 0.3 is 5.97 Å². The van der Waals surface area contributed by atoms with E-state index in [0.29, 0.717) is 6.54 Å². The fraction of sp³-hybridized carbons (Fsp3) is 0.300. The molecule has 24 heavy (non-hydrogen) atoms. The molecule has 0 fully saturated rings. The zero-order chi connectivity index (χ0) is 17.2. The first-order chi connectivity index (χ1) is 11.6. The number of nitrogens with one attached hydrogen (secondary N) is 1. The maximum Gasteiger partial charge on any atom is 0.306 e. The Bertz CT molecular complexity index is 640. The minimum atomic E-state index is -0.357. The van der Waals surface area contributed by atoms with Gasteiger partial charge in [0.1, 0.15) is 0 Å². The number of hydrogen-bond donors (Lipinski definition) is 1. The van der Waals surface area contributed by atoms with Gasteiger partial charge in [-0.3, -0.25) is 9.59 Å². The third-order valence-electron chi connectivity index (χ3n) is 3.78. The van der Waals surface area contributed by atoms with Crippen molar-refractivity contribution in [2.24, 2.45) is 0 Å². The molecule has 0 aliphatic rings. The minimum absolute atomic E-state index is 0.0693. The lowest BCUT2D eigenvalue weighted by atomic mass is 9.98. The Labute approximate surface area is 142 Å². The predicted octanol–water partition coefficient (Wildman–Crippen LogP) is 3.08. The van der Waals surface area contributed by atoms with Crippen molar-refractivity contribution in [3.8, 4) is 0 Å². The van der Waals surface area contributed by atoms with Gasteiger partial charge in [-0.1, -0.05) is 67.6 Å². The second-order valence-electron chi connectivity index (χ2n) is 5.76. The van der Waals surface area contributed by atoms with Crippen molar-refractivity contribution in [3.05, 3.63) is 71.8 Å². The normalized spacial score (nSPS) is 11.5. The van der Waals surface area contributed by atoms with Gasteiger partial charge in [-0.2, -0.15) is 0 Å². The molecule has 0 aliphatic carbocycles. The van der Waals surface area contributed by atoms with Crippen LogP contribution in [0.3, 0.4) is 0 Å². The van der Waals surface area contributed by atoms with E-state index in [9.17, 15) is 9.59 Å². The molecule has 0 saturated carbocycles. The van der Waals surface area contributed by atoms with E-state index in [1.807, 2.05) is 67.6 Å². The first kappa shape index (κ1) is 17.7. The molecule has 0 saturated heterocycles. The Morgan fingerprint density at radius 3 is 2.29 bits per heavy atom. The second-order valence-corrected chi connectivity index (χ2v) is 5.76. The van der Waals surface area contributed by atoms with Crippen LogP contribution in [0.1, 0.15) is 30.4 Å². The maximum absolute atomic E-state index is 11.8. The fourth-order valence-corrected chi connectivity index (χ4v) is 2.40. The van der Waals surface area contributed by atoms with Crippen LogP contribution in [0.2, 0.25) is 0 Å². The Morgan fingerprint density at radius 1 is 1.00 bits per heavy atom. The topological polar surface area (TPSA) is 55.4 Å². The third-order valence-corrected chi connectivity index (χ3v) is 3.78. The predicted molar refractivity (Wildman–Crippen MR) is 93.6 cm³/mol. The number of esters is 1. The maximum atomic E-state index is 11.8. The van der Waals surface area contributed by atoms with Gasteiger partial charge in [0.15, 0.2) is 6.61 Å². The summed E-state index contributed by atoms with van der Waals surface area (Å²) in [5.41, 5.74) is 2.24. The van der Waals surface area contributed by atoms with Crippen molar-refractivity contribution < 1.29 is 14.3 Å². The lowest BCUT2D eigenvalue weighted by molar-refractivity contribution is -0.148. The average molecular weight is 325 g/mol. The van der Waals surface area contributed by atoms with Gasteiger partial charge < -0.3 is 10.1 Å². The summed E-state index contributed by atoms with van der Waals surface area (Å²) in [6.45, 7) is 2.27. The van der Waals surface area contributed by atoms with E-state index in [1.54, 1.807) is 0 Å². The number of carbonyl (C=O) groups is 2. The molecule has 2 aromatic carbocycles. The van der Waals surface area contributed by atoms with Crippen LogP contribution in [0, 0.1) is 0 Å². The van der Waals surface area contributed by atoms with E-state index >= 15 is 0 Å². The lowest BCUT2D eigenvalue weighted by Crippen LogP contribution is -2.30. The van der Waals surface area contributed by atoms with E-state index in [0.717, 1.165) is 17.5 Å². The quantitative estimate of drug-likeness (QED) is 0.759. The highest BCUT2D eigenvalue weighted by Gasteiger charge is 2.13. The highest BCUT2D eigenvalue weighted by Crippen LogP contribution is 2.18. The summed E-state index contributed by atoms with van der Waals surface area (Å²) in [6.07, 6.45) is 1.02. The largest absolute Gasteiger partial charge is 0.456 e. The van der Waals surface area contributed by atoms with Crippen molar-refractivity contribution in [3.63, 3.8) is 0 Å². The van der Waals surface area contributed by atoms with E-state index in [2.05, 4.69) is 5.32 Å². The first-order valence-electron chi connectivity index (χ1n) is 8.16. The summed E-state index contributed by atoms with van der Waals surface area (Å²) in [4.78, 5) is 23.5. The Kier molecular flexibility index (Phi) is 7.02. The molecule has 0 bridgehead atoms. The monoisotopic (exact) mass is 325 g/mol. The molecule has 2 rings (SSSR count). The Hall–Kier alpha value is -2.62. The van der Waals surface area contributed by atoms with Crippen molar-refractivity contribution in [2.75, 3.05) is 13.2 Å². The van der Waals surface area contributed by atoms with Crippen molar-refractivity contribution >= 4 is 11.9 Å². The number of ether oxygens (including phenoxy) is 1. The number of carbonyl (C=O) groups excluding carboxylic acids is 2. The van der Waals surface area contributed by atoms with Gasteiger partial charge in [-0.25, -0.2) is 0 Å². The minimum Gasteiger partial charge on any atom is -0.456 e. The van der Waals surface area contributed by atoms with E-state index in [1.165, 1.54) is 0 Å². The van der Waals surface area contributed by atoms with Gasteiger partial charge in [0.25, 0.3) is 5.91 Å². The smallest absolute Gasteiger partial charge is 0.306 e. The number of benzene rings is 2.